The highest BCUT2D eigenvalue weighted by atomic mass is 15.3. The number of amidine groups is 1. The molecule has 0 aliphatic rings. The van der Waals surface area contributed by atoms with Crippen LogP contribution in [0, 0.1) is 23.7 Å². The molecule has 2 aromatic carbocycles. The predicted octanol–water partition coefficient (Wildman–Crippen LogP) is 2.89. The van der Waals surface area contributed by atoms with E-state index in [4.69, 9.17) is 16.4 Å². The van der Waals surface area contributed by atoms with E-state index in [-0.39, 0.29) is 11.5 Å². The van der Waals surface area contributed by atoms with Crippen molar-refractivity contribution < 1.29 is 0 Å². The average molecular weight is 277 g/mol. The zero-order valence-corrected chi connectivity index (χ0v) is 11.6. The maximum Gasteiger partial charge on any atom is 0.201 e. The van der Waals surface area contributed by atoms with E-state index in [1.165, 1.54) is 5.56 Å². The fourth-order valence-corrected chi connectivity index (χ4v) is 1.86. The van der Waals surface area contributed by atoms with Crippen LogP contribution in [0.3, 0.4) is 0 Å². The Morgan fingerprint density at radius 2 is 1.86 bits per heavy atom. The van der Waals surface area contributed by atoms with Gasteiger partial charge in [0.25, 0.3) is 0 Å². The minimum atomic E-state index is -0.361. The van der Waals surface area contributed by atoms with Crippen LogP contribution in [0.15, 0.2) is 53.6 Å². The lowest BCUT2D eigenvalue weighted by Gasteiger charge is -2.06. The highest BCUT2D eigenvalue weighted by Crippen LogP contribution is 2.23. The third-order valence-electron chi connectivity index (χ3n) is 2.87. The highest BCUT2D eigenvalue weighted by molar-refractivity contribution is 6.45. The van der Waals surface area contributed by atoms with Gasteiger partial charge in [-0.2, -0.15) is 10.4 Å². The van der Waals surface area contributed by atoms with Crippen LogP contribution in [-0.2, 0) is 0 Å². The Labute approximate surface area is 123 Å². The smallest absolute Gasteiger partial charge is 0.201 e. The number of hydrogen-bond acceptors (Lipinski definition) is 4. The first-order chi connectivity index (χ1) is 10.1. The Balaban J connectivity index is 2.27. The van der Waals surface area contributed by atoms with Gasteiger partial charge in [0.2, 0.25) is 5.71 Å². The Morgan fingerprint density at radius 1 is 1.19 bits per heavy atom. The second-order valence-electron chi connectivity index (χ2n) is 4.55. The monoisotopic (exact) mass is 277 g/mol. The summed E-state index contributed by atoms with van der Waals surface area (Å²) in [6.07, 6.45) is 0. The number of nitrogens with zero attached hydrogens (tertiary/aromatic N) is 2. The average Bonchev–Trinajstić information content (AvgIpc) is 2.48. The summed E-state index contributed by atoms with van der Waals surface area (Å²) in [5.74, 6) is -0.361. The lowest BCUT2D eigenvalue weighted by molar-refractivity contribution is 1.33. The van der Waals surface area contributed by atoms with Gasteiger partial charge >= 0.3 is 0 Å². The summed E-state index contributed by atoms with van der Waals surface area (Å²) in [5.41, 5.74) is 11.9. The molecule has 21 heavy (non-hydrogen) atoms. The lowest BCUT2D eigenvalue weighted by atomic mass is 10.0. The van der Waals surface area contributed by atoms with Gasteiger partial charge in [-0.3, -0.25) is 10.8 Å². The quantitative estimate of drug-likeness (QED) is 0.455. The molecule has 0 aliphatic heterocycles. The molecule has 5 heteroatoms. The number of anilines is 1. The third kappa shape index (κ3) is 3.67. The van der Waals surface area contributed by atoms with Crippen molar-refractivity contribution in [2.24, 2.45) is 10.8 Å². The molecule has 104 valence electrons. The number of hydrogen-bond donors (Lipinski definition) is 3. The maximum atomic E-state index is 8.80. The summed E-state index contributed by atoms with van der Waals surface area (Å²) in [6.45, 7) is 2.04. The molecule has 4 N–H and O–H groups in total. The summed E-state index contributed by atoms with van der Waals surface area (Å²) in [4.78, 5) is 0. The van der Waals surface area contributed by atoms with Crippen molar-refractivity contribution >= 4 is 17.2 Å². The molecule has 0 radical (unpaired) electrons. The molecule has 2 rings (SSSR count). The van der Waals surface area contributed by atoms with Crippen LogP contribution in [0.25, 0.3) is 11.1 Å². The third-order valence-corrected chi connectivity index (χ3v) is 2.87. The van der Waals surface area contributed by atoms with Gasteiger partial charge in [-0.15, -0.1) is 0 Å². The largest absolute Gasteiger partial charge is 0.382 e. The summed E-state index contributed by atoms with van der Waals surface area (Å²) >= 11 is 0. The Hall–Kier alpha value is -3.13. The molecule has 0 atom stereocenters. The second-order valence-corrected chi connectivity index (χ2v) is 4.55. The first-order valence-corrected chi connectivity index (χ1v) is 6.35. The van der Waals surface area contributed by atoms with Gasteiger partial charge in [0, 0.05) is 0 Å². The van der Waals surface area contributed by atoms with Crippen LogP contribution in [0.2, 0.25) is 0 Å². The van der Waals surface area contributed by atoms with E-state index in [0.717, 1.165) is 16.8 Å². The molecule has 0 aromatic heterocycles. The number of benzene rings is 2. The predicted molar refractivity (Wildman–Crippen MR) is 85.2 cm³/mol. The van der Waals surface area contributed by atoms with E-state index < -0.39 is 0 Å². The molecule has 0 heterocycles. The van der Waals surface area contributed by atoms with Crippen LogP contribution in [-0.4, -0.2) is 11.5 Å². The van der Waals surface area contributed by atoms with Crippen molar-refractivity contribution in [3.8, 4) is 17.2 Å². The standard InChI is InChI=1S/C16H15N5/c1-11-4-2-5-12(8-11)13-6-3-7-14(9-13)20-21-15(10-17)16(18)19/h2-9,20H,1H3,(H3,18,19)/b21-15+. The van der Waals surface area contributed by atoms with Gasteiger partial charge in [0.1, 0.15) is 6.07 Å². The molecule has 0 spiro atoms. The Bertz CT molecular complexity index is 740. The van der Waals surface area contributed by atoms with Crippen LogP contribution in [0.4, 0.5) is 5.69 Å². The van der Waals surface area contributed by atoms with Crippen molar-refractivity contribution in [1.29, 1.82) is 10.7 Å². The van der Waals surface area contributed by atoms with Crippen molar-refractivity contribution in [2.75, 3.05) is 5.43 Å². The molecule has 0 amide bonds. The topological polar surface area (TPSA) is 98.0 Å². The van der Waals surface area contributed by atoms with Gasteiger partial charge in [0.05, 0.1) is 5.69 Å². The zero-order chi connectivity index (χ0) is 15.2. The van der Waals surface area contributed by atoms with E-state index in [0.29, 0.717) is 0 Å². The number of nitrogens with one attached hydrogen (secondary N) is 2. The Morgan fingerprint density at radius 3 is 2.48 bits per heavy atom. The molecule has 0 saturated heterocycles. The molecular weight excluding hydrogens is 262 g/mol. The van der Waals surface area contributed by atoms with E-state index >= 15 is 0 Å². The first kappa shape index (κ1) is 14.3. The maximum absolute atomic E-state index is 8.80. The second kappa shape index (κ2) is 6.35. The number of hydrazone groups is 1. The molecule has 0 saturated carbocycles. The number of nitrogens with two attached hydrogens (primary N) is 1. The van der Waals surface area contributed by atoms with Crippen LogP contribution >= 0.6 is 0 Å². The Kier molecular flexibility index (Phi) is 4.32. The minimum absolute atomic E-state index is 0.143. The SMILES string of the molecule is Cc1cccc(-c2cccc(N/N=C(\C#N)C(=N)N)c2)c1. The number of aryl methyl sites for hydroxylation is 1. The molecule has 0 bridgehead atoms. The van der Waals surface area contributed by atoms with Crippen molar-refractivity contribution in [3.05, 3.63) is 54.1 Å². The van der Waals surface area contributed by atoms with Crippen molar-refractivity contribution in [3.63, 3.8) is 0 Å². The van der Waals surface area contributed by atoms with Crippen LogP contribution in [0.5, 0.6) is 0 Å². The number of rotatable bonds is 4. The molecule has 0 fully saturated rings. The van der Waals surface area contributed by atoms with Crippen molar-refractivity contribution in [2.45, 2.75) is 6.92 Å². The lowest BCUT2D eigenvalue weighted by Crippen LogP contribution is -2.21. The van der Waals surface area contributed by atoms with E-state index in [1.807, 2.05) is 49.4 Å². The summed E-state index contributed by atoms with van der Waals surface area (Å²) < 4.78 is 0. The van der Waals surface area contributed by atoms with Crippen LogP contribution in [0.1, 0.15) is 5.56 Å². The molecular formula is C16H15N5. The zero-order valence-electron chi connectivity index (χ0n) is 11.6. The normalized spacial score (nSPS) is 10.8. The highest BCUT2D eigenvalue weighted by Gasteiger charge is 2.02. The van der Waals surface area contributed by atoms with Gasteiger partial charge in [-0.25, -0.2) is 0 Å². The fourth-order valence-electron chi connectivity index (χ4n) is 1.86. The fraction of sp³-hybridized carbons (Fsp3) is 0.0625. The first-order valence-electron chi connectivity index (χ1n) is 6.35. The molecule has 5 nitrogen and oxygen atoms in total. The van der Waals surface area contributed by atoms with Gasteiger partial charge < -0.3 is 5.73 Å². The van der Waals surface area contributed by atoms with Crippen LogP contribution < -0.4 is 11.2 Å². The molecule has 0 aliphatic carbocycles. The van der Waals surface area contributed by atoms with Gasteiger partial charge in [-0.1, -0.05) is 42.0 Å². The summed E-state index contributed by atoms with van der Waals surface area (Å²) in [5, 5.41) is 19.8. The summed E-state index contributed by atoms with van der Waals surface area (Å²) in [7, 11) is 0. The summed E-state index contributed by atoms with van der Waals surface area (Å²) in [6, 6.07) is 17.6. The van der Waals surface area contributed by atoms with E-state index in [9.17, 15) is 0 Å². The molecule has 2 aromatic rings. The van der Waals surface area contributed by atoms with Gasteiger partial charge in [0.15, 0.2) is 5.84 Å². The minimum Gasteiger partial charge on any atom is -0.382 e. The van der Waals surface area contributed by atoms with E-state index in [1.54, 1.807) is 6.07 Å². The van der Waals surface area contributed by atoms with E-state index in [2.05, 4.69) is 16.6 Å². The van der Waals surface area contributed by atoms with Crippen molar-refractivity contribution in [1.82, 2.24) is 0 Å². The number of nitriles is 1. The van der Waals surface area contributed by atoms with Gasteiger partial charge in [-0.05, 0) is 30.2 Å². The molecule has 0 unspecified atom stereocenters.